The van der Waals surface area contributed by atoms with E-state index in [-0.39, 0.29) is 11.5 Å². The summed E-state index contributed by atoms with van der Waals surface area (Å²) in [5.41, 5.74) is 3.68. The van der Waals surface area contributed by atoms with Gasteiger partial charge >= 0.3 is 0 Å². The molecule has 3 aliphatic rings. The van der Waals surface area contributed by atoms with E-state index in [4.69, 9.17) is 5.21 Å². The Labute approximate surface area is 159 Å². The third-order valence-electron chi connectivity index (χ3n) is 6.33. The van der Waals surface area contributed by atoms with Crippen molar-refractivity contribution in [2.45, 2.75) is 44.1 Å². The second kappa shape index (κ2) is 7.35. The number of hydrogen-bond acceptors (Lipinski definition) is 4. The second-order valence-electron chi connectivity index (χ2n) is 8.02. The zero-order valence-electron chi connectivity index (χ0n) is 15.6. The minimum atomic E-state index is -0.544. The summed E-state index contributed by atoms with van der Waals surface area (Å²) in [6.07, 6.45) is 9.73. The molecule has 1 aliphatic carbocycles. The van der Waals surface area contributed by atoms with Crippen LogP contribution in [0.4, 0.5) is 5.69 Å². The molecular weight excluding hydrogens is 342 g/mol. The first-order chi connectivity index (χ1) is 13.1. The number of nitrogens with zero attached hydrogens (tertiary/aromatic N) is 2. The second-order valence-corrected chi connectivity index (χ2v) is 8.02. The van der Waals surface area contributed by atoms with E-state index in [9.17, 15) is 9.59 Å². The molecule has 1 spiro atoms. The Hall–Kier alpha value is -2.34. The molecule has 2 saturated heterocycles. The van der Waals surface area contributed by atoms with Crippen LogP contribution in [-0.2, 0) is 9.59 Å². The molecule has 0 unspecified atom stereocenters. The van der Waals surface area contributed by atoms with Crippen molar-refractivity contribution < 1.29 is 14.8 Å². The first-order valence-electron chi connectivity index (χ1n) is 9.91. The quantitative estimate of drug-likeness (QED) is 0.486. The number of nitrogens with one attached hydrogen (secondary N) is 1. The van der Waals surface area contributed by atoms with Gasteiger partial charge in [0.25, 0.3) is 5.91 Å². The lowest BCUT2D eigenvalue weighted by Crippen LogP contribution is -2.70. The Balaban J connectivity index is 1.51. The lowest BCUT2D eigenvalue weighted by Gasteiger charge is -2.54. The summed E-state index contributed by atoms with van der Waals surface area (Å²) in [6, 6.07) is 8.00. The molecule has 2 amide bonds. The van der Waals surface area contributed by atoms with Crippen LogP contribution < -0.4 is 10.4 Å². The van der Waals surface area contributed by atoms with Crippen LogP contribution in [0.3, 0.4) is 0 Å². The summed E-state index contributed by atoms with van der Waals surface area (Å²) in [5.74, 6) is 0.0418. The van der Waals surface area contributed by atoms with Gasteiger partial charge in [0, 0.05) is 37.3 Å². The van der Waals surface area contributed by atoms with Crippen LogP contribution >= 0.6 is 0 Å². The van der Waals surface area contributed by atoms with E-state index >= 15 is 0 Å². The maximum absolute atomic E-state index is 12.7. The third kappa shape index (κ3) is 3.34. The number of para-hydroxylation sites is 1. The molecule has 1 saturated carbocycles. The largest absolute Gasteiger partial charge is 0.362 e. The fourth-order valence-corrected chi connectivity index (χ4v) is 4.97. The zero-order chi connectivity index (χ0) is 18.9. The predicted molar refractivity (Wildman–Crippen MR) is 103 cm³/mol. The normalized spacial score (nSPS) is 21.8. The number of carbonyl (C=O) groups excluding carboxylic acids is 2. The Kier molecular flexibility index (Phi) is 4.91. The van der Waals surface area contributed by atoms with E-state index in [0.29, 0.717) is 5.91 Å². The monoisotopic (exact) mass is 369 g/mol. The maximum Gasteiger partial charge on any atom is 0.267 e. The summed E-state index contributed by atoms with van der Waals surface area (Å²) >= 11 is 0. The van der Waals surface area contributed by atoms with Crippen molar-refractivity contribution in [3.8, 4) is 0 Å². The average Bonchev–Trinajstić information content (AvgIpc) is 3.34. The lowest BCUT2D eigenvalue weighted by molar-refractivity contribution is -0.142. The smallest absolute Gasteiger partial charge is 0.267 e. The highest BCUT2D eigenvalue weighted by molar-refractivity contribution is 5.92. The van der Waals surface area contributed by atoms with E-state index < -0.39 is 5.91 Å². The number of carbonyl (C=O) groups is 2. The van der Waals surface area contributed by atoms with E-state index in [1.165, 1.54) is 18.9 Å². The van der Waals surface area contributed by atoms with Crippen LogP contribution in [0.2, 0.25) is 0 Å². The highest BCUT2D eigenvalue weighted by atomic mass is 16.5. The Bertz CT molecular complexity index is 749. The average molecular weight is 369 g/mol. The number of amides is 2. The number of rotatable bonds is 4. The van der Waals surface area contributed by atoms with Gasteiger partial charge in [0.1, 0.15) is 0 Å². The van der Waals surface area contributed by atoms with Crippen molar-refractivity contribution in [1.29, 1.82) is 0 Å². The maximum atomic E-state index is 12.7. The summed E-state index contributed by atoms with van der Waals surface area (Å²) < 4.78 is 0. The molecule has 1 aromatic carbocycles. The molecule has 144 valence electrons. The Morgan fingerprint density at radius 3 is 2.63 bits per heavy atom. The number of likely N-dealkylation sites (tertiary alicyclic amines) is 1. The third-order valence-corrected chi connectivity index (χ3v) is 6.33. The fourth-order valence-electron chi connectivity index (χ4n) is 4.97. The minimum Gasteiger partial charge on any atom is -0.362 e. The van der Waals surface area contributed by atoms with Crippen molar-refractivity contribution in [3.63, 3.8) is 0 Å². The molecule has 6 heteroatoms. The van der Waals surface area contributed by atoms with E-state index in [1.807, 2.05) is 23.1 Å². The number of anilines is 1. The van der Waals surface area contributed by atoms with Crippen LogP contribution in [0.5, 0.6) is 0 Å². The summed E-state index contributed by atoms with van der Waals surface area (Å²) in [4.78, 5) is 28.5. The Morgan fingerprint density at radius 2 is 1.89 bits per heavy atom. The van der Waals surface area contributed by atoms with Gasteiger partial charge in [0.2, 0.25) is 5.91 Å². The SMILES string of the molecule is O=C(C=Cc1ccccc1N1CCCC12CN(C(=O)C1CCCC1)C2)NO. The van der Waals surface area contributed by atoms with Crippen molar-refractivity contribution in [3.05, 3.63) is 35.9 Å². The van der Waals surface area contributed by atoms with Gasteiger partial charge in [-0.25, -0.2) is 5.48 Å². The molecule has 0 radical (unpaired) electrons. The molecule has 6 nitrogen and oxygen atoms in total. The molecule has 0 atom stereocenters. The molecule has 1 aromatic rings. The van der Waals surface area contributed by atoms with Gasteiger partial charge in [-0.05, 0) is 43.4 Å². The molecule has 0 bridgehead atoms. The molecule has 2 N–H and O–H groups in total. The summed E-state index contributed by atoms with van der Waals surface area (Å²) in [6.45, 7) is 2.57. The summed E-state index contributed by atoms with van der Waals surface area (Å²) in [7, 11) is 0. The van der Waals surface area contributed by atoms with Gasteiger partial charge in [-0.1, -0.05) is 31.0 Å². The van der Waals surface area contributed by atoms with Gasteiger partial charge in [-0.2, -0.15) is 0 Å². The van der Waals surface area contributed by atoms with Crippen molar-refractivity contribution in [1.82, 2.24) is 10.4 Å². The Morgan fingerprint density at radius 1 is 1.15 bits per heavy atom. The fraction of sp³-hybridized carbons (Fsp3) is 0.524. The van der Waals surface area contributed by atoms with Crippen molar-refractivity contribution in [2.75, 3.05) is 24.5 Å². The summed E-state index contributed by atoms with van der Waals surface area (Å²) in [5, 5.41) is 8.70. The number of hydrogen-bond donors (Lipinski definition) is 2. The zero-order valence-corrected chi connectivity index (χ0v) is 15.6. The standard InChI is InChI=1S/C21H27N3O3/c25-19(22-27)11-10-16-6-3-4-9-18(16)24-13-5-12-21(24)14-23(15-21)20(26)17-7-1-2-8-17/h3-4,6,9-11,17,27H,1-2,5,7-8,12-15H2,(H,22,25). The van der Waals surface area contributed by atoms with Gasteiger partial charge < -0.3 is 9.80 Å². The first-order valence-corrected chi connectivity index (χ1v) is 9.91. The van der Waals surface area contributed by atoms with Crippen LogP contribution in [0, 0.1) is 5.92 Å². The van der Waals surface area contributed by atoms with Crippen molar-refractivity contribution in [2.24, 2.45) is 5.92 Å². The molecule has 3 fully saturated rings. The predicted octanol–water partition coefficient (Wildman–Crippen LogP) is 2.58. The van der Waals surface area contributed by atoms with Gasteiger partial charge in [-0.15, -0.1) is 0 Å². The topological polar surface area (TPSA) is 72.9 Å². The number of hydroxylamine groups is 1. The van der Waals surface area contributed by atoms with Crippen LogP contribution in [0.25, 0.3) is 6.08 Å². The van der Waals surface area contributed by atoms with E-state index in [0.717, 1.165) is 56.6 Å². The highest BCUT2D eigenvalue weighted by Crippen LogP contribution is 2.43. The van der Waals surface area contributed by atoms with Gasteiger partial charge in [0.15, 0.2) is 0 Å². The van der Waals surface area contributed by atoms with Crippen LogP contribution in [0.15, 0.2) is 30.3 Å². The van der Waals surface area contributed by atoms with Gasteiger partial charge in [0.05, 0.1) is 5.54 Å². The number of benzene rings is 1. The molecule has 4 rings (SSSR count). The van der Waals surface area contributed by atoms with E-state index in [2.05, 4.69) is 11.0 Å². The molecule has 0 aromatic heterocycles. The van der Waals surface area contributed by atoms with Gasteiger partial charge in [-0.3, -0.25) is 14.8 Å². The van der Waals surface area contributed by atoms with Crippen LogP contribution in [0.1, 0.15) is 44.1 Å². The first kappa shape index (κ1) is 18.0. The highest BCUT2D eigenvalue weighted by Gasteiger charge is 2.52. The molecular formula is C21H27N3O3. The molecule has 2 heterocycles. The lowest BCUT2D eigenvalue weighted by atomic mass is 9.85. The van der Waals surface area contributed by atoms with Crippen LogP contribution in [-0.4, -0.2) is 47.1 Å². The van der Waals surface area contributed by atoms with Crippen molar-refractivity contribution >= 4 is 23.6 Å². The van der Waals surface area contributed by atoms with E-state index in [1.54, 1.807) is 11.6 Å². The minimum absolute atomic E-state index is 0.0252. The molecule has 2 aliphatic heterocycles. The molecule has 27 heavy (non-hydrogen) atoms.